The van der Waals surface area contributed by atoms with E-state index in [1.54, 1.807) is 53.4 Å². The molecule has 0 aliphatic carbocycles. The molecule has 3 rings (SSSR count). The summed E-state index contributed by atoms with van der Waals surface area (Å²) in [6, 6.07) is 18.3. The lowest BCUT2D eigenvalue weighted by Crippen LogP contribution is -2.30. The minimum Gasteiger partial charge on any atom is -0.334 e. The Morgan fingerprint density at radius 2 is 1.82 bits per heavy atom. The van der Waals surface area contributed by atoms with E-state index in [0.717, 1.165) is 4.88 Å². The second kappa shape index (κ2) is 8.77. The standard InChI is InChI=1S/C20H19ClN2O3S2/c1-2-23(14-17-11-12-19(21)27-17)20(24)15-7-6-8-16(13-15)22-28(25,26)18-9-4-3-5-10-18/h3-13,22H,2,14H2,1H3. The van der Waals surface area contributed by atoms with E-state index in [-0.39, 0.29) is 10.8 Å². The van der Waals surface area contributed by atoms with Crippen molar-refractivity contribution in [2.45, 2.75) is 18.4 Å². The summed E-state index contributed by atoms with van der Waals surface area (Å²) >= 11 is 7.40. The van der Waals surface area contributed by atoms with Gasteiger partial charge in [0.1, 0.15) is 0 Å². The number of sulfonamides is 1. The molecule has 1 amide bonds. The number of amides is 1. The van der Waals surface area contributed by atoms with Gasteiger partial charge in [-0.15, -0.1) is 11.3 Å². The molecule has 146 valence electrons. The molecule has 28 heavy (non-hydrogen) atoms. The number of anilines is 1. The average Bonchev–Trinajstić information content (AvgIpc) is 3.11. The maximum Gasteiger partial charge on any atom is 0.261 e. The Balaban J connectivity index is 1.79. The molecular weight excluding hydrogens is 416 g/mol. The van der Waals surface area contributed by atoms with Crippen LogP contribution in [-0.4, -0.2) is 25.8 Å². The highest BCUT2D eigenvalue weighted by molar-refractivity contribution is 7.92. The molecule has 1 N–H and O–H groups in total. The molecule has 0 unspecified atom stereocenters. The molecular formula is C20H19ClN2O3S2. The van der Waals surface area contributed by atoms with Gasteiger partial charge in [0.05, 0.1) is 15.8 Å². The van der Waals surface area contributed by atoms with Crippen LogP contribution in [-0.2, 0) is 16.6 Å². The topological polar surface area (TPSA) is 66.5 Å². The summed E-state index contributed by atoms with van der Waals surface area (Å²) < 4.78 is 28.2. The molecule has 3 aromatic rings. The molecule has 0 aliphatic rings. The summed E-state index contributed by atoms with van der Waals surface area (Å²) in [5.74, 6) is -0.173. The molecule has 0 spiro atoms. The maximum absolute atomic E-state index is 12.9. The molecule has 5 nitrogen and oxygen atoms in total. The second-order valence-corrected chi connectivity index (χ2v) is 9.51. The lowest BCUT2D eigenvalue weighted by atomic mass is 10.1. The third kappa shape index (κ3) is 4.92. The molecule has 1 heterocycles. The number of carbonyl (C=O) groups is 1. The van der Waals surface area contributed by atoms with Crippen LogP contribution in [0.3, 0.4) is 0 Å². The summed E-state index contributed by atoms with van der Waals surface area (Å²) in [6.45, 7) is 2.87. The van der Waals surface area contributed by atoms with Crippen molar-refractivity contribution in [3.63, 3.8) is 0 Å². The third-order valence-corrected chi connectivity index (χ3v) is 6.67. The molecule has 1 aromatic heterocycles. The summed E-state index contributed by atoms with van der Waals surface area (Å²) in [6.07, 6.45) is 0. The first-order valence-corrected chi connectivity index (χ1v) is 11.3. The molecule has 0 bridgehead atoms. The van der Waals surface area contributed by atoms with Crippen LogP contribution < -0.4 is 4.72 Å². The Labute approximate surface area is 173 Å². The zero-order valence-electron chi connectivity index (χ0n) is 15.1. The number of rotatable bonds is 7. The number of benzene rings is 2. The molecule has 2 aromatic carbocycles. The molecule has 0 fully saturated rings. The molecule has 0 saturated carbocycles. The molecule has 0 aliphatic heterocycles. The lowest BCUT2D eigenvalue weighted by molar-refractivity contribution is 0.0754. The fraction of sp³-hybridized carbons (Fsp3) is 0.150. The van der Waals surface area contributed by atoms with Crippen LogP contribution in [0.2, 0.25) is 4.34 Å². The van der Waals surface area contributed by atoms with Crippen LogP contribution in [0.15, 0.2) is 71.6 Å². The van der Waals surface area contributed by atoms with Gasteiger partial charge in [-0.1, -0.05) is 35.9 Å². The lowest BCUT2D eigenvalue weighted by Gasteiger charge is -2.20. The number of halogens is 1. The number of hydrogen-bond donors (Lipinski definition) is 1. The maximum atomic E-state index is 12.9. The van der Waals surface area contributed by atoms with E-state index in [1.807, 2.05) is 13.0 Å². The van der Waals surface area contributed by atoms with E-state index in [1.165, 1.54) is 23.5 Å². The fourth-order valence-electron chi connectivity index (χ4n) is 2.66. The van der Waals surface area contributed by atoms with Gasteiger partial charge >= 0.3 is 0 Å². The summed E-state index contributed by atoms with van der Waals surface area (Å²) in [7, 11) is -3.72. The number of thiophene rings is 1. The SMILES string of the molecule is CCN(Cc1ccc(Cl)s1)C(=O)c1cccc(NS(=O)(=O)c2ccccc2)c1. The van der Waals surface area contributed by atoms with Crippen molar-refractivity contribution in [1.29, 1.82) is 0 Å². The Kier molecular flexibility index (Phi) is 6.39. The van der Waals surface area contributed by atoms with Gasteiger partial charge in [-0.3, -0.25) is 9.52 Å². The van der Waals surface area contributed by atoms with Crippen LogP contribution in [0, 0.1) is 0 Å². The highest BCUT2D eigenvalue weighted by Gasteiger charge is 2.18. The van der Waals surface area contributed by atoms with Crippen molar-refractivity contribution in [3.8, 4) is 0 Å². The van der Waals surface area contributed by atoms with Crippen molar-refractivity contribution in [2.75, 3.05) is 11.3 Å². The first kappa shape index (κ1) is 20.4. The smallest absolute Gasteiger partial charge is 0.261 e. The number of nitrogens with zero attached hydrogens (tertiary/aromatic N) is 1. The van der Waals surface area contributed by atoms with E-state index >= 15 is 0 Å². The van der Waals surface area contributed by atoms with Crippen molar-refractivity contribution in [2.24, 2.45) is 0 Å². The van der Waals surface area contributed by atoms with E-state index in [2.05, 4.69) is 4.72 Å². The number of nitrogens with one attached hydrogen (secondary N) is 1. The van der Waals surface area contributed by atoms with Crippen molar-refractivity contribution in [3.05, 3.63) is 81.5 Å². The van der Waals surface area contributed by atoms with Crippen LogP contribution in [0.1, 0.15) is 22.2 Å². The molecule has 8 heteroatoms. The monoisotopic (exact) mass is 434 g/mol. The predicted molar refractivity (Wildman–Crippen MR) is 113 cm³/mol. The molecule has 0 radical (unpaired) electrons. The van der Waals surface area contributed by atoms with Gasteiger partial charge in [0, 0.05) is 22.7 Å². The average molecular weight is 435 g/mol. The van der Waals surface area contributed by atoms with Crippen LogP contribution in [0.4, 0.5) is 5.69 Å². The van der Waals surface area contributed by atoms with Crippen LogP contribution in [0.5, 0.6) is 0 Å². The van der Waals surface area contributed by atoms with Gasteiger partial charge in [0.25, 0.3) is 15.9 Å². The minimum atomic E-state index is -3.72. The Hall–Kier alpha value is -2.35. The summed E-state index contributed by atoms with van der Waals surface area (Å²) in [5.41, 5.74) is 0.752. The second-order valence-electron chi connectivity index (χ2n) is 6.02. The normalized spacial score (nSPS) is 11.2. The van der Waals surface area contributed by atoms with E-state index in [9.17, 15) is 13.2 Å². The quantitative estimate of drug-likeness (QED) is 0.577. The predicted octanol–water partition coefficient (Wildman–Crippen LogP) is 4.86. The Morgan fingerprint density at radius 1 is 1.07 bits per heavy atom. The van der Waals surface area contributed by atoms with E-state index in [4.69, 9.17) is 11.6 Å². The van der Waals surface area contributed by atoms with E-state index < -0.39 is 10.0 Å². The Bertz CT molecular complexity index is 1070. The molecule has 0 atom stereocenters. The van der Waals surface area contributed by atoms with Gasteiger partial charge in [-0.05, 0) is 49.4 Å². The van der Waals surface area contributed by atoms with Gasteiger partial charge < -0.3 is 4.90 Å². The van der Waals surface area contributed by atoms with Crippen molar-refractivity contribution >= 4 is 44.6 Å². The number of hydrogen-bond acceptors (Lipinski definition) is 4. The first-order valence-electron chi connectivity index (χ1n) is 8.60. The van der Waals surface area contributed by atoms with Crippen LogP contribution >= 0.6 is 22.9 Å². The summed E-state index contributed by atoms with van der Waals surface area (Å²) in [5, 5.41) is 0. The van der Waals surface area contributed by atoms with Gasteiger partial charge in [-0.25, -0.2) is 8.42 Å². The van der Waals surface area contributed by atoms with E-state index in [0.29, 0.717) is 28.7 Å². The van der Waals surface area contributed by atoms with Crippen molar-refractivity contribution in [1.82, 2.24) is 4.90 Å². The van der Waals surface area contributed by atoms with Crippen LogP contribution in [0.25, 0.3) is 0 Å². The van der Waals surface area contributed by atoms with Gasteiger partial charge in [0.2, 0.25) is 0 Å². The highest BCUT2D eigenvalue weighted by atomic mass is 35.5. The zero-order chi connectivity index (χ0) is 20.1. The highest BCUT2D eigenvalue weighted by Crippen LogP contribution is 2.24. The Morgan fingerprint density at radius 3 is 2.46 bits per heavy atom. The fourth-order valence-corrected chi connectivity index (χ4v) is 4.84. The minimum absolute atomic E-state index is 0.163. The van der Waals surface area contributed by atoms with Gasteiger partial charge in [0.15, 0.2) is 0 Å². The van der Waals surface area contributed by atoms with Gasteiger partial charge in [-0.2, -0.15) is 0 Å². The number of carbonyl (C=O) groups excluding carboxylic acids is 1. The zero-order valence-corrected chi connectivity index (χ0v) is 17.5. The largest absolute Gasteiger partial charge is 0.334 e. The molecule has 0 saturated heterocycles. The van der Waals surface area contributed by atoms with Crippen molar-refractivity contribution < 1.29 is 13.2 Å². The third-order valence-electron chi connectivity index (χ3n) is 4.06. The first-order chi connectivity index (χ1) is 13.4. The summed E-state index contributed by atoms with van der Waals surface area (Å²) in [4.78, 5) is 15.7.